The van der Waals surface area contributed by atoms with E-state index in [2.05, 4.69) is 38.4 Å². The Morgan fingerprint density at radius 2 is 2.06 bits per heavy atom. The van der Waals surface area contributed by atoms with Gasteiger partial charge in [0.25, 0.3) is 5.91 Å². The first-order valence-electron chi connectivity index (χ1n) is 12.1. The van der Waals surface area contributed by atoms with E-state index in [4.69, 9.17) is 21.0 Å². The van der Waals surface area contributed by atoms with E-state index < -0.39 is 0 Å². The number of aromatic nitrogens is 3. The van der Waals surface area contributed by atoms with Crippen LogP contribution in [0.1, 0.15) is 63.2 Å². The van der Waals surface area contributed by atoms with Crippen LogP contribution in [0.3, 0.4) is 0 Å². The van der Waals surface area contributed by atoms with Crippen LogP contribution >= 0.6 is 11.6 Å². The molecule has 0 spiro atoms. The number of nitrogens with zero attached hydrogens (tertiary/aromatic N) is 4. The number of fused-ring (bicyclic) bond motifs is 1. The second-order valence-electron chi connectivity index (χ2n) is 9.08. The van der Waals surface area contributed by atoms with E-state index in [0.29, 0.717) is 29.6 Å². The highest BCUT2D eigenvalue weighted by molar-refractivity contribution is 6.33. The lowest BCUT2D eigenvalue weighted by atomic mass is 9.90. The Morgan fingerprint density at radius 3 is 2.89 bits per heavy atom. The van der Waals surface area contributed by atoms with Crippen molar-refractivity contribution in [2.24, 2.45) is 0 Å². The maximum absolute atomic E-state index is 12.6. The van der Waals surface area contributed by atoms with Crippen LogP contribution in [0.25, 0.3) is 0 Å². The maximum atomic E-state index is 12.6. The summed E-state index contributed by atoms with van der Waals surface area (Å²) in [6, 6.07) is 14.3. The molecular weight excluding hydrogens is 474 g/mol. The number of carbonyl (C=O) groups is 1. The van der Waals surface area contributed by atoms with Gasteiger partial charge in [0, 0.05) is 45.1 Å². The summed E-state index contributed by atoms with van der Waals surface area (Å²) in [7, 11) is 0. The Bertz CT molecular complexity index is 1360. The fourth-order valence-corrected chi connectivity index (χ4v) is 5.02. The Kier molecular flexibility index (Phi) is 7.39. The highest BCUT2D eigenvalue weighted by atomic mass is 35.5. The maximum Gasteiger partial charge on any atom is 0.253 e. The molecule has 0 bridgehead atoms. The van der Waals surface area contributed by atoms with E-state index in [-0.39, 0.29) is 11.9 Å². The van der Waals surface area contributed by atoms with Crippen molar-refractivity contribution in [3.8, 4) is 0 Å². The molecule has 1 N–H and O–H groups in total. The molecule has 5 rings (SSSR count). The molecule has 3 heterocycles. The van der Waals surface area contributed by atoms with E-state index in [1.54, 1.807) is 18.5 Å². The Morgan fingerprint density at radius 1 is 1.17 bits per heavy atom. The molecule has 7 nitrogen and oxygen atoms in total. The van der Waals surface area contributed by atoms with Crippen molar-refractivity contribution in [3.05, 3.63) is 112 Å². The van der Waals surface area contributed by atoms with Crippen LogP contribution in [-0.2, 0) is 26.1 Å². The van der Waals surface area contributed by atoms with Crippen molar-refractivity contribution in [1.82, 2.24) is 25.2 Å². The number of hydrogen-bond acceptors (Lipinski definition) is 6. The monoisotopic (exact) mass is 501 g/mol. The Hall–Kier alpha value is -3.55. The fraction of sp³-hybridized carbons (Fsp3) is 0.286. The van der Waals surface area contributed by atoms with Crippen molar-refractivity contribution in [2.75, 3.05) is 0 Å². The standard InChI is InChI=1S/C28H28ClN5O2/c1-19-33-23(18-36-19)17-34(26-9-3-7-22-8-4-11-31-27(22)26)16-21-6-2-5-20(13-21)14-32-28(35)24-10-12-30-15-25(24)29/h2,4-6,8,10-13,15,18,26H,3,7,9,14,16-17H2,1H3,(H,32,35). The van der Waals surface area contributed by atoms with Gasteiger partial charge in [-0.05, 0) is 48.1 Å². The molecule has 36 heavy (non-hydrogen) atoms. The summed E-state index contributed by atoms with van der Waals surface area (Å²) in [5.74, 6) is 0.444. The molecule has 1 unspecified atom stereocenters. The lowest BCUT2D eigenvalue weighted by molar-refractivity contribution is 0.0951. The van der Waals surface area contributed by atoms with Gasteiger partial charge in [-0.15, -0.1) is 0 Å². The third-order valence-electron chi connectivity index (χ3n) is 6.49. The van der Waals surface area contributed by atoms with Crippen LogP contribution in [0, 0.1) is 6.92 Å². The molecule has 0 saturated carbocycles. The van der Waals surface area contributed by atoms with Gasteiger partial charge in [0.05, 0.1) is 28.0 Å². The minimum absolute atomic E-state index is 0.198. The second kappa shape index (κ2) is 11.0. The molecular formula is C28H28ClN5O2. The van der Waals surface area contributed by atoms with Gasteiger partial charge in [0.15, 0.2) is 5.89 Å². The molecule has 0 radical (unpaired) electrons. The first-order valence-corrected chi connectivity index (χ1v) is 12.5. The highest BCUT2D eigenvalue weighted by Crippen LogP contribution is 2.34. The summed E-state index contributed by atoms with van der Waals surface area (Å²) in [4.78, 5) is 28.3. The summed E-state index contributed by atoms with van der Waals surface area (Å²) < 4.78 is 5.48. The van der Waals surface area contributed by atoms with Gasteiger partial charge in [-0.2, -0.15) is 0 Å². The Balaban J connectivity index is 1.34. The number of benzene rings is 1. The van der Waals surface area contributed by atoms with Crippen molar-refractivity contribution >= 4 is 17.5 Å². The summed E-state index contributed by atoms with van der Waals surface area (Å²) >= 11 is 6.12. The first-order chi connectivity index (χ1) is 17.6. The summed E-state index contributed by atoms with van der Waals surface area (Å²) in [5, 5.41) is 3.30. The molecule has 0 saturated heterocycles. The number of halogens is 1. The van der Waals surface area contributed by atoms with Crippen molar-refractivity contribution in [2.45, 2.75) is 51.9 Å². The number of hydrogen-bond donors (Lipinski definition) is 1. The molecule has 1 aromatic carbocycles. The molecule has 0 aliphatic heterocycles. The van der Waals surface area contributed by atoms with Gasteiger partial charge in [0.1, 0.15) is 6.26 Å². The number of nitrogens with one attached hydrogen (secondary N) is 1. The highest BCUT2D eigenvalue weighted by Gasteiger charge is 2.28. The lowest BCUT2D eigenvalue weighted by Gasteiger charge is -2.34. The van der Waals surface area contributed by atoms with Gasteiger partial charge in [-0.25, -0.2) is 4.98 Å². The summed E-state index contributed by atoms with van der Waals surface area (Å²) in [6.07, 6.45) is 9.89. The number of amides is 1. The smallest absolute Gasteiger partial charge is 0.253 e. The SMILES string of the molecule is Cc1nc(CN(Cc2cccc(CNC(=O)c3ccncc3Cl)c2)C2CCCc3cccnc32)co1. The normalized spacial score (nSPS) is 15.0. The molecule has 1 aliphatic rings. The van der Waals surface area contributed by atoms with Gasteiger partial charge < -0.3 is 9.73 Å². The van der Waals surface area contributed by atoms with E-state index in [1.807, 2.05) is 31.3 Å². The largest absolute Gasteiger partial charge is 0.449 e. The summed E-state index contributed by atoms with van der Waals surface area (Å²) in [6.45, 7) is 3.66. The van der Waals surface area contributed by atoms with Crippen LogP contribution in [0.2, 0.25) is 5.02 Å². The Labute approximate surface area is 215 Å². The first kappa shape index (κ1) is 24.2. The van der Waals surface area contributed by atoms with Crippen LogP contribution in [0.4, 0.5) is 0 Å². The van der Waals surface area contributed by atoms with Gasteiger partial charge in [0.2, 0.25) is 0 Å². The van der Waals surface area contributed by atoms with Crippen LogP contribution in [0.15, 0.2) is 71.7 Å². The van der Waals surface area contributed by atoms with E-state index in [1.165, 1.54) is 11.8 Å². The van der Waals surface area contributed by atoms with Gasteiger partial charge in [-0.1, -0.05) is 41.9 Å². The van der Waals surface area contributed by atoms with E-state index in [0.717, 1.165) is 48.3 Å². The fourth-order valence-electron chi connectivity index (χ4n) is 4.81. The van der Waals surface area contributed by atoms with Crippen molar-refractivity contribution in [1.29, 1.82) is 0 Å². The van der Waals surface area contributed by atoms with E-state index >= 15 is 0 Å². The van der Waals surface area contributed by atoms with Gasteiger partial charge in [-0.3, -0.25) is 19.7 Å². The van der Waals surface area contributed by atoms with Crippen molar-refractivity contribution in [3.63, 3.8) is 0 Å². The second-order valence-corrected chi connectivity index (χ2v) is 9.48. The number of pyridine rings is 2. The van der Waals surface area contributed by atoms with Crippen molar-refractivity contribution < 1.29 is 9.21 Å². The zero-order valence-corrected chi connectivity index (χ0v) is 20.9. The minimum Gasteiger partial charge on any atom is -0.449 e. The number of oxazole rings is 1. The molecule has 184 valence electrons. The van der Waals surface area contributed by atoms with Crippen LogP contribution in [0.5, 0.6) is 0 Å². The molecule has 4 aromatic rings. The molecule has 1 amide bonds. The molecule has 3 aromatic heterocycles. The van der Waals surface area contributed by atoms with E-state index in [9.17, 15) is 4.79 Å². The number of carbonyl (C=O) groups excluding carboxylic acids is 1. The molecule has 8 heteroatoms. The molecule has 1 atom stereocenters. The third kappa shape index (κ3) is 5.64. The number of aryl methyl sites for hydroxylation is 2. The summed E-state index contributed by atoms with van der Waals surface area (Å²) in [5.41, 5.74) is 5.98. The topological polar surface area (TPSA) is 84.2 Å². The zero-order valence-electron chi connectivity index (χ0n) is 20.2. The molecule has 1 aliphatic carbocycles. The third-order valence-corrected chi connectivity index (χ3v) is 6.79. The average molecular weight is 502 g/mol. The van der Waals surface area contributed by atoms with Crippen LogP contribution < -0.4 is 5.32 Å². The van der Waals surface area contributed by atoms with Crippen LogP contribution in [-0.4, -0.2) is 25.8 Å². The minimum atomic E-state index is -0.222. The lowest BCUT2D eigenvalue weighted by Crippen LogP contribution is -2.31. The van der Waals surface area contributed by atoms with Gasteiger partial charge >= 0.3 is 0 Å². The quantitative estimate of drug-likeness (QED) is 0.346. The predicted octanol–water partition coefficient (Wildman–Crippen LogP) is 5.44. The predicted molar refractivity (Wildman–Crippen MR) is 137 cm³/mol. The number of rotatable bonds is 8. The average Bonchev–Trinajstić information content (AvgIpc) is 3.31. The molecule has 0 fully saturated rings. The zero-order chi connectivity index (χ0) is 24.9.